The number of aromatic nitrogens is 3. The number of fused-ring (bicyclic) bond motifs is 1. The zero-order valence-corrected chi connectivity index (χ0v) is 16.7. The van der Waals surface area contributed by atoms with E-state index in [2.05, 4.69) is 15.3 Å². The van der Waals surface area contributed by atoms with Gasteiger partial charge in [0.1, 0.15) is 0 Å². The molecule has 1 aliphatic carbocycles. The van der Waals surface area contributed by atoms with Crippen LogP contribution in [0.1, 0.15) is 43.0 Å². The Morgan fingerprint density at radius 3 is 2.76 bits per heavy atom. The van der Waals surface area contributed by atoms with Crippen LogP contribution < -0.4 is 5.32 Å². The molecule has 7 heteroatoms. The summed E-state index contributed by atoms with van der Waals surface area (Å²) in [5.74, 6) is 0.719. The maximum absolute atomic E-state index is 12.9. The molecule has 29 heavy (non-hydrogen) atoms. The number of benzene rings is 1. The fraction of sp³-hybridized carbons (Fsp3) is 0.364. The van der Waals surface area contributed by atoms with Crippen molar-refractivity contribution in [2.24, 2.45) is 0 Å². The van der Waals surface area contributed by atoms with Gasteiger partial charge < -0.3 is 10.2 Å². The molecular formula is C22H25N5O2. The zero-order chi connectivity index (χ0) is 20.4. The van der Waals surface area contributed by atoms with Crippen molar-refractivity contribution in [3.05, 3.63) is 54.5 Å². The van der Waals surface area contributed by atoms with E-state index in [0.29, 0.717) is 17.8 Å². The van der Waals surface area contributed by atoms with Gasteiger partial charge in [-0.2, -0.15) is 0 Å². The van der Waals surface area contributed by atoms with Gasteiger partial charge in [-0.3, -0.25) is 14.0 Å². The highest BCUT2D eigenvalue weighted by molar-refractivity contribution is 5.94. The quantitative estimate of drug-likeness (QED) is 0.725. The second kappa shape index (κ2) is 8.03. The third-order valence-corrected chi connectivity index (χ3v) is 5.62. The largest absolute Gasteiger partial charge is 0.353 e. The first-order chi connectivity index (χ1) is 14.0. The fourth-order valence-corrected chi connectivity index (χ4v) is 3.89. The van der Waals surface area contributed by atoms with E-state index in [1.54, 1.807) is 6.20 Å². The molecule has 1 N–H and O–H groups in total. The Labute approximate surface area is 169 Å². The van der Waals surface area contributed by atoms with Crippen LogP contribution in [0.5, 0.6) is 0 Å². The van der Waals surface area contributed by atoms with Gasteiger partial charge in [-0.25, -0.2) is 9.97 Å². The Kier molecular flexibility index (Phi) is 5.29. The van der Waals surface area contributed by atoms with Gasteiger partial charge in [0.2, 0.25) is 11.7 Å². The summed E-state index contributed by atoms with van der Waals surface area (Å²) < 4.78 is 1.87. The van der Waals surface area contributed by atoms with E-state index in [1.165, 1.54) is 0 Å². The van der Waals surface area contributed by atoms with Gasteiger partial charge in [0, 0.05) is 55.3 Å². The molecule has 2 unspecified atom stereocenters. The van der Waals surface area contributed by atoms with Gasteiger partial charge in [-0.1, -0.05) is 19.1 Å². The number of nitrogens with zero attached hydrogens (tertiary/aromatic N) is 4. The van der Waals surface area contributed by atoms with Crippen molar-refractivity contribution in [3.8, 4) is 11.3 Å². The first kappa shape index (κ1) is 19.1. The highest BCUT2D eigenvalue weighted by atomic mass is 16.2. The standard InChI is InChI=1S/C22H25N5O2/c1-3-20(28)24-17-9-10-18(13-17)26(2)21(29)16-7-5-15(6-8-16)19-14-27-12-4-11-23-22(27)25-19/h4-8,11-12,14,17-18H,3,9-10,13H2,1-2H3,(H,24,28). The van der Waals surface area contributed by atoms with Crippen LogP contribution in [0.3, 0.4) is 0 Å². The number of amides is 2. The van der Waals surface area contributed by atoms with E-state index in [1.807, 2.05) is 66.0 Å². The highest BCUT2D eigenvalue weighted by Gasteiger charge is 2.30. The minimum Gasteiger partial charge on any atom is -0.353 e. The molecule has 2 amide bonds. The van der Waals surface area contributed by atoms with Crippen molar-refractivity contribution in [2.75, 3.05) is 7.05 Å². The lowest BCUT2D eigenvalue weighted by Gasteiger charge is -2.25. The minimum absolute atomic E-state index is 0.000635. The number of rotatable bonds is 5. The van der Waals surface area contributed by atoms with Crippen molar-refractivity contribution in [1.82, 2.24) is 24.6 Å². The van der Waals surface area contributed by atoms with Crippen LogP contribution in [-0.4, -0.2) is 50.2 Å². The van der Waals surface area contributed by atoms with Crippen LogP contribution in [0.4, 0.5) is 0 Å². The SMILES string of the molecule is CCC(=O)NC1CCC(N(C)C(=O)c2ccc(-c3cn4cccnc4n3)cc2)C1. The van der Waals surface area contributed by atoms with Gasteiger partial charge in [0.25, 0.3) is 5.91 Å². The average molecular weight is 391 g/mol. The smallest absolute Gasteiger partial charge is 0.253 e. The number of hydrogen-bond donors (Lipinski definition) is 1. The van der Waals surface area contributed by atoms with Crippen molar-refractivity contribution >= 4 is 17.6 Å². The van der Waals surface area contributed by atoms with E-state index < -0.39 is 0 Å². The van der Waals surface area contributed by atoms with Crippen molar-refractivity contribution in [1.29, 1.82) is 0 Å². The Bertz CT molecular complexity index is 994. The van der Waals surface area contributed by atoms with Gasteiger partial charge in [0.05, 0.1) is 5.69 Å². The fourth-order valence-electron chi connectivity index (χ4n) is 3.89. The molecule has 4 rings (SSSR count). The van der Waals surface area contributed by atoms with E-state index in [9.17, 15) is 9.59 Å². The first-order valence-electron chi connectivity index (χ1n) is 10.0. The molecule has 0 bridgehead atoms. The molecule has 150 valence electrons. The average Bonchev–Trinajstić information content (AvgIpc) is 3.39. The predicted molar refractivity (Wildman–Crippen MR) is 110 cm³/mol. The highest BCUT2D eigenvalue weighted by Crippen LogP contribution is 2.25. The zero-order valence-electron chi connectivity index (χ0n) is 16.7. The van der Waals surface area contributed by atoms with Crippen LogP contribution in [-0.2, 0) is 4.79 Å². The van der Waals surface area contributed by atoms with E-state index in [0.717, 1.165) is 30.5 Å². The molecule has 0 radical (unpaired) electrons. The lowest BCUT2D eigenvalue weighted by molar-refractivity contribution is -0.121. The van der Waals surface area contributed by atoms with Gasteiger partial charge in [0.15, 0.2) is 0 Å². The summed E-state index contributed by atoms with van der Waals surface area (Å²) in [5.41, 5.74) is 2.42. The van der Waals surface area contributed by atoms with Gasteiger partial charge >= 0.3 is 0 Å². The monoisotopic (exact) mass is 391 g/mol. The third kappa shape index (κ3) is 3.99. The molecule has 2 atom stereocenters. The first-order valence-corrected chi connectivity index (χ1v) is 10.0. The lowest BCUT2D eigenvalue weighted by atomic mass is 10.1. The minimum atomic E-state index is 0.000635. The summed E-state index contributed by atoms with van der Waals surface area (Å²) in [7, 11) is 1.85. The molecule has 0 aliphatic heterocycles. The van der Waals surface area contributed by atoms with E-state index in [-0.39, 0.29) is 23.9 Å². The predicted octanol–water partition coefficient (Wildman–Crippen LogP) is 2.92. The number of carbonyl (C=O) groups is 2. The number of nitrogens with one attached hydrogen (secondary N) is 1. The Hall–Kier alpha value is -3.22. The number of carbonyl (C=O) groups excluding carboxylic acids is 2. The summed E-state index contributed by atoms with van der Waals surface area (Å²) in [6, 6.07) is 9.69. The second-order valence-electron chi connectivity index (χ2n) is 7.53. The molecule has 1 aromatic carbocycles. The Morgan fingerprint density at radius 2 is 2.03 bits per heavy atom. The Morgan fingerprint density at radius 1 is 1.24 bits per heavy atom. The lowest BCUT2D eigenvalue weighted by Crippen LogP contribution is -2.38. The third-order valence-electron chi connectivity index (χ3n) is 5.62. The van der Waals surface area contributed by atoms with Crippen LogP contribution in [0.15, 0.2) is 48.9 Å². The van der Waals surface area contributed by atoms with Crippen molar-refractivity contribution in [2.45, 2.75) is 44.7 Å². The molecule has 1 fully saturated rings. The van der Waals surface area contributed by atoms with E-state index >= 15 is 0 Å². The molecule has 1 aliphatic rings. The number of imidazole rings is 1. The summed E-state index contributed by atoms with van der Waals surface area (Å²) in [5, 5.41) is 3.04. The molecule has 7 nitrogen and oxygen atoms in total. The van der Waals surface area contributed by atoms with Gasteiger partial charge in [-0.05, 0) is 37.5 Å². The normalized spacial score (nSPS) is 18.7. The summed E-state index contributed by atoms with van der Waals surface area (Å²) >= 11 is 0. The van der Waals surface area contributed by atoms with Crippen LogP contribution in [0.25, 0.3) is 17.0 Å². The number of hydrogen-bond acceptors (Lipinski definition) is 4. The summed E-state index contributed by atoms with van der Waals surface area (Å²) in [4.78, 5) is 35.1. The molecule has 2 aromatic heterocycles. The Balaban J connectivity index is 1.43. The second-order valence-corrected chi connectivity index (χ2v) is 7.53. The molecule has 1 saturated carbocycles. The maximum Gasteiger partial charge on any atom is 0.253 e. The van der Waals surface area contributed by atoms with Crippen LogP contribution in [0.2, 0.25) is 0 Å². The molecular weight excluding hydrogens is 366 g/mol. The van der Waals surface area contributed by atoms with Gasteiger partial charge in [-0.15, -0.1) is 0 Å². The molecule has 0 saturated heterocycles. The van der Waals surface area contributed by atoms with Crippen molar-refractivity contribution in [3.63, 3.8) is 0 Å². The van der Waals surface area contributed by atoms with E-state index in [4.69, 9.17) is 0 Å². The molecule has 0 spiro atoms. The maximum atomic E-state index is 12.9. The molecule has 2 heterocycles. The van der Waals surface area contributed by atoms with Crippen LogP contribution >= 0.6 is 0 Å². The van der Waals surface area contributed by atoms with Crippen LogP contribution in [0, 0.1) is 0 Å². The summed E-state index contributed by atoms with van der Waals surface area (Å²) in [6.45, 7) is 1.85. The van der Waals surface area contributed by atoms with Crippen molar-refractivity contribution < 1.29 is 9.59 Å². The topological polar surface area (TPSA) is 79.6 Å². The summed E-state index contributed by atoms with van der Waals surface area (Å²) in [6.07, 6.45) is 8.66. The molecule has 3 aromatic rings.